The van der Waals surface area contributed by atoms with Gasteiger partial charge in [0, 0.05) is 37.6 Å². The molecule has 1 N–H and O–H groups in total. The monoisotopic (exact) mass is 407 g/mol. The zero-order valence-corrected chi connectivity index (χ0v) is 16.2. The fourth-order valence-corrected chi connectivity index (χ4v) is 4.27. The highest BCUT2D eigenvalue weighted by molar-refractivity contribution is 7.21. The van der Waals surface area contributed by atoms with Crippen LogP contribution >= 0.6 is 11.3 Å². The molecular formula is C21H17N3O4S. The number of hydrogen-bond acceptors (Lipinski definition) is 7. The molecule has 0 bridgehead atoms. The van der Waals surface area contributed by atoms with Gasteiger partial charge in [-0.25, -0.2) is 14.6 Å². The summed E-state index contributed by atoms with van der Waals surface area (Å²) < 4.78 is 12.0. The average molecular weight is 407 g/mol. The topological polar surface area (TPSA) is 84.7 Å². The van der Waals surface area contributed by atoms with Crippen molar-refractivity contribution >= 4 is 38.6 Å². The Hall–Kier alpha value is -3.23. The van der Waals surface area contributed by atoms with Crippen molar-refractivity contribution in [2.45, 2.75) is 0 Å². The van der Waals surface area contributed by atoms with Gasteiger partial charge in [0.2, 0.25) is 0 Å². The van der Waals surface area contributed by atoms with Crippen molar-refractivity contribution in [3.63, 3.8) is 0 Å². The zero-order valence-electron chi connectivity index (χ0n) is 15.4. The molecule has 2 aromatic heterocycles. The summed E-state index contributed by atoms with van der Waals surface area (Å²) >= 11 is 1.45. The smallest absolute Gasteiger partial charge is 0.415 e. The molecule has 0 aliphatic carbocycles. The van der Waals surface area contributed by atoms with Gasteiger partial charge in [0.05, 0.1) is 15.8 Å². The number of para-hydroxylation sites is 1. The number of carbonyl (C=O) groups is 1. The number of aromatic nitrogens is 1. The first-order chi connectivity index (χ1) is 14.2. The molecule has 0 spiro atoms. The van der Waals surface area contributed by atoms with Crippen LogP contribution in [-0.4, -0.2) is 42.2 Å². The first kappa shape index (κ1) is 17.8. The molecule has 2 aromatic carbocycles. The van der Waals surface area contributed by atoms with Crippen LogP contribution in [0, 0.1) is 0 Å². The molecule has 5 rings (SSSR count). The summed E-state index contributed by atoms with van der Waals surface area (Å²) in [6.07, 6.45) is -0.403. The maximum atomic E-state index is 12.6. The van der Waals surface area contributed by atoms with E-state index in [0.29, 0.717) is 35.0 Å². The Labute approximate surface area is 169 Å². The van der Waals surface area contributed by atoms with Crippen molar-refractivity contribution in [3.8, 4) is 16.3 Å². The third kappa shape index (κ3) is 3.48. The van der Waals surface area contributed by atoms with Crippen molar-refractivity contribution in [1.29, 1.82) is 0 Å². The Morgan fingerprint density at radius 3 is 2.79 bits per heavy atom. The highest BCUT2D eigenvalue weighted by Gasteiger charge is 2.19. The Kier molecular flexibility index (Phi) is 4.49. The van der Waals surface area contributed by atoms with Gasteiger partial charge in [0.25, 0.3) is 0 Å². The van der Waals surface area contributed by atoms with E-state index in [9.17, 15) is 9.59 Å². The molecule has 29 heavy (non-hydrogen) atoms. The van der Waals surface area contributed by atoms with Crippen LogP contribution in [0.25, 0.3) is 31.8 Å². The van der Waals surface area contributed by atoms with Gasteiger partial charge < -0.3 is 19.4 Å². The number of hydrogen-bond donors (Lipinski definition) is 1. The number of ether oxygens (including phenoxy) is 1. The number of nitrogens with one attached hydrogen (secondary N) is 1. The molecule has 1 fully saturated rings. The van der Waals surface area contributed by atoms with Crippen LogP contribution in [-0.2, 0) is 0 Å². The number of carbonyl (C=O) groups excluding carboxylic acids is 1. The third-order valence-corrected chi connectivity index (χ3v) is 5.88. The van der Waals surface area contributed by atoms with Crippen LogP contribution in [0.1, 0.15) is 0 Å². The summed E-state index contributed by atoms with van der Waals surface area (Å²) in [5, 5.41) is 4.55. The first-order valence-electron chi connectivity index (χ1n) is 9.29. The van der Waals surface area contributed by atoms with E-state index in [1.807, 2.05) is 24.3 Å². The lowest BCUT2D eigenvalue weighted by Gasteiger charge is -2.26. The number of amides is 1. The van der Waals surface area contributed by atoms with Gasteiger partial charge in [-0.15, -0.1) is 11.3 Å². The molecule has 0 radical (unpaired) electrons. The van der Waals surface area contributed by atoms with E-state index < -0.39 is 11.7 Å². The molecule has 1 saturated heterocycles. The fraction of sp³-hybridized carbons (Fsp3) is 0.190. The Morgan fingerprint density at radius 1 is 1.14 bits per heavy atom. The summed E-state index contributed by atoms with van der Waals surface area (Å²) in [7, 11) is 0. The van der Waals surface area contributed by atoms with Gasteiger partial charge >= 0.3 is 11.7 Å². The van der Waals surface area contributed by atoms with Gasteiger partial charge in [-0.3, -0.25) is 0 Å². The van der Waals surface area contributed by atoms with Crippen LogP contribution in [0.2, 0.25) is 0 Å². The van der Waals surface area contributed by atoms with Gasteiger partial charge in [0.1, 0.15) is 16.3 Å². The van der Waals surface area contributed by atoms with Crippen LogP contribution in [0.3, 0.4) is 0 Å². The lowest BCUT2D eigenvalue weighted by Crippen LogP contribution is -2.47. The maximum absolute atomic E-state index is 12.6. The van der Waals surface area contributed by atoms with Crippen molar-refractivity contribution in [2.75, 3.05) is 26.2 Å². The number of piperazine rings is 1. The van der Waals surface area contributed by atoms with Gasteiger partial charge in [0.15, 0.2) is 0 Å². The molecule has 7 nitrogen and oxygen atoms in total. The van der Waals surface area contributed by atoms with Gasteiger partial charge in [-0.05, 0) is 30.3 Å². The molecular weight excluding hydrogens is 390 g/mol. The average Bonchev–Trinajstić information content (AvgIpc) is 3.18. The zero-order chi connectivity index (χ0) is 19.8. The second-order valence-electron chi connectivity index (χ2n) is 6.74. The predicted octanol–water partition coefficient (Wildman–Crippen LogP) is 3.47. The van der Waals surface area contributed by atoms with Crippen molar-refractivity contribution in [1.82, 2.24) is 15.2 Å². The summed E-state index contributed by atoms with van der Waals surface area (Å²) in [5.74, 6) is 0.344. The summed E-state index contributed by atoms with van der Waals surface area (Å²) in [4.78, 5) is 31.0. The number of nitrogens with zero attached hydrogens (tertiary/aromatic N) is 2. The normalized spacial score (nSPS) is 14.4. The van der Waals surface area contributed by atoms with E-state index in [-0.39, 0.29) is 0 Å². The Bertz CT molecular complexity index is 1240. The fourth-order valence-electron chi connectivity index (χ4n) is 3.30. The first-order valence-corrected chi connectivity index (χ1v) is 10.1. The standard InChI is InChI=1S/C21H17N3O4S/c25-20-15(19-23-16-3-1-2-4-18(16)29-19)11-13-5-6-14(12-17(13)28-20)27-21(26)24-9-7-22-8-10-24/h1-6,11-12,22H,7-10H2. The lowest BCUT2D eigenvalue weighted by atomic mass is 10.2. The summed E-state index contributed by atoms with van der Waals surface area (Å²) in [6, 6.07) is 14.5. The van der Waals surface area contributed by atoms with E-state index in [0.717, 1.165) is 28.7 Å². The quantitative estimate of drug-likeness (QED) is 0.512. The summed E-state index contributed by atoms with van der Waals surface area (Å²) in [5.41, 5.74) is 1.17. The maximum Gasteiger partial charge on any atom is 0.415 e. The van der Waals surface area contributed by atoms with Crippen molar-refractivity contribution in [2.24, 2.45) is 0 Å². The van der Waals surface area contributed by atoms with Crippen molar-refractivity contribution in [3.05, 3.63) is 59.0 Å². The number of thiazole rings is 1. The Morgan fingerprint density at radius 2 is 1.97 bits per heavy atom. The molecule has 0 atom stereocenters. The largest absolute Gasteiger partial charge is 0.422 e. The highest BCUT2D eigenvalue weighted by Crippen LogP contribution is 2.30. The van der Waals surface area contributed by atoms with E-state index in [1.165, 1.54) is 11.3 Å². The Balaban J connectivity index is 1.46. The molecule has 1 aliphatic heterocycles. The third-order valence-electron chi connectivity index (χ3n) is 4.81. The molecule has 4 aromatic rings. The van der Waals surface area contributed by atoms with E-state index >= 15 is 0 Å². The number of benzene rings is 2. The number of fused-ring (bicyclic) bond motifs is 2. The van der Waals surface area contributed by atoms with E-state index in [2.05, 4.69) is 10.3 Å². The minimum atomic E-state index is -0.470. The van der Waals surface area contributed by atoms with E-state index in [1.54, 1.807) is 29.2 Å². The van der Waals surface area contributed by atoms with Crippen LogP contribution < -0.4 is 15.7 Å². The van der Waals surface area contributed by atoms with Crippen LogP contribution in [0.4, 0.5) is 4.79 Å². The van der Waals surface area contributed by atoms with Crippen LogP contribution in [0.5, 0.6) is 5.75 Å². The second-order valence-corrected chi connectivity index (χ2v) is 7.77. The summed E-state index contributed by atoms with van der Waals surface area (Å²) in [6.45, 7) is 2.70. The number of rotatable bonds is 2. The molecule has 8 heteroatoms. The SMILES string of the molecule is O=C(Oc1ccc2cc(-c3nc4ccccc4s3)c(=O)oc2c1)N1CCNCC1. The molecule has 146 valence electrons. The van der Waals surface area contributed by atoms with Gasteiger partial charge in [-0.1, -0.05) is 12.1 Å². The molecule has 1 aliphatic rings. The molecule has 1 amide bonds. The van der Waals surface area contributed by atoms with Gasteiger partial charge in [-0.2, -0.15) is 0 Å². The minimum Gasteiger partial charge on any atom is -0.422 e. The molecule has 3 heterocycles. The predicted molar refractivity (Wildman–Crippen MR) is 112 cm³/mol. The lowest BCUT2D eigenvalue weighted by molar-refractivity contribution is 0.146. The van der Waals surface area contributed by atoms with Crippen LogP contribution in [0.15, 0.2) is 57.7 Å². The molecule has 0 saturated carbocycles. The second kappa shape index (κ2) is 7.31. The molecule has 0 unspecified atom stereocenters. The van der Waals surface area contributed by atoms with E-state index in [4.69, 9.17) is 9.15 Å². The van der Waals surface area contributed by atoms with Crippen molar-refractivity contribution < 1.29 is 13.9 Å². The highest BCUT2D eigenvalue weighted by atomic mass is 32.1. The minimum absolute atomic E-state index is 0.344.